The molecule has 1 rings (SSSR count). The number of amides is 2. The van der Waals surface area contributed by atoms with Crippen molar-refractivity contribution in [3.63, 3.8) is 0 Å². The van der Waals surface area contributed by atoms with Crippen LogP contribution >= 0.6 is 0 Å². The fourth-order valence-corrected chi connectivity index (χ4v) is 1.66. The Hall–Kier alpha value is -1.88. The van der Waals surface area contributed by atoms with E-state index in [4.69, 9.17) is 0 Å². The SMILES string of the molecule is CCNC(C)(C)C(=O)Nc1ccc(C(=O)NC)cc1. The highest BCUT2D eigenvalue weighted by molar-refractivity contribution is 5.98. The molecule has 1 aromatic rings. The van der Waals surface area contributed by atoms with Crippen molar-refractivity contribution in [2.24, 2.45) is 0 Å². The zero-order valence-electron chi connectivity index (χ0n) is 11.8. The van der Waals surface area contributed by atoms with Gasteiger partial charge in [0.25, 0.3) is 5.91 Å². The molecule has 0 aliphatic heterocycles. The van der Waals surface area contributed by atoms with E-state index in [1.807, 2.05) is 20.8 Å². The Labute approximate surface area is 113 Å². The van der Waals surface area contributed by atoms with Crippen LogP contribution in [0.3, 0.4) is 0 Å². The van der Waals surface area contributed by atoms with E-state index in [0.29, 0.717) is 11.3 Å². The van der Waals surface area contributed by atoms with Crippen molar-refractivity contribution < 1.29 is 9.59 Å². The number of likely N-dealkylation sites (N-methyl/N-ethyl adjacent to an activating group) is 1. The average Bonchev–Trinajstić information content (AvgIpc) is 2.38. The van der Waals surface area contributed by atoms with Crippen LogP contribution in [0.4, 0.5) is 5.69 Å². The van der Waals surface area contributed by atoms with Gasteiger partial charge in [0.1, 0.15) is 0 Å². The van der Waals surface area contributed by atoms with Gasteiger partial charge in [-0.1, -0.05) is 6.92 Å². The third-order valence-electron chi connectivity index (χ3n) is 2.82. The van der Waals surface area contributed by atoms with E-state index < -0.39 is 5.54 Å². The Morgan fingerprint density at radius 3 is 2.21 bits per heavy atom. The third-order valence-corrected chi connectivity index (χ3v) is 2.82. The van der Waals surface area contributed by atoms with E-state index in [1.165, 1.54) is 0 Å². The van der Waals surface area contributed by atoms with Crippen LogP contribution in [0.25, 0.3) is 0 Å². The second-order valence-electron chi connectivity index (χ2n) is 4.77. The van der Waals surface area contributed by atoms with Gasteiger partial charge in [-0.05, 0) is 44.7 Å². The molecule has 3 N–H and O–H groups in total. The summed E-state index contributed by atoms with van der Waals surface area (Å²) < 4.78 is 0. The van der Waals surface area contributed by atoms with Gasteiger partial charge >= 0.3 is 0 Å². The first kappa shape index (κ1) is 15.2. The molecule has 0 unspecified atom stereocenters. The molecule has 0 aliphatic rings. The van der Waals surface area contributed by atoms with Crippen LogP contribution < -0.4 is 16.0 Å². The fourth-order valence-electron chi connectivity index (χ4n) is 1.66. The topological polar surface area (TPSA) is 70.2 Å². The average molecular weight is 263 g/mol. The highest BCUT2D eigenvalue weighted by Gasteiger charge is 2.26. The Morgan fingerprint density at radius 1 is 1.16 bits per heavy atom. The molecule has 5 heteroatoms. The minimum atomic E-state index is -0.631. The monoisotopic (exact) mass is 263 g/mol. The molecule has 2 amide bonds. The van der Waals surface area contributed by atoms with Gasteiger partial charge in [0.2, 0.25) is 5.91 Å². The van der Waals surface area contributed by atoms with Crippen molar-refractivity contribution in [2.45, 2.75) is 26.3 Å². The number of carbonyl (C=O) groups is 2. The molecule has 0 radical (unpaired) electrons. The number of nitrogens with one attached hydrogen (secondary N) is 3. The van der Waals surface area contributed by atoms with Crippen molar-refractivity contribution in [1.82, 2.24) is 10.6 Å². The predicted octanol–water partition coefficient (Wildman–Crippen LogP) is 1.37. The first-order valence-corrected chi connectivity index (χ1v) is 6.29. The maximum Gasteiger partial charge on any atom is 0.251 e. The summed E-state index contributed by atoms with van der Waals surface area (Å²) in [4.78, 5) is 23.4. The minimum absolute atomic E-state index is 0.109. The molecule has 0 atom stereocenters. The Kier molecular flexibility index (Phi) is 5.06. The number of hydrogen-bond acceptors (Lipinski definition) is 3. The summed E-state index contributed by atoms with van der Waals surface area (Å²) in [6, 6.07) is 6.78. The van der Waals surface area contributed by atoms with E-state index in [0.717, 1.165) is 6.54 Å². The normalized spacial score (nSPS) is 10.9. The lowest BCUT2D eigenvalue weighted by Gasteiger charge is -2.24. The van der Waals surface area contributed by atoms with Crippen LogP contribution in [0.2, 0.25) is 0 Å². The van der Waals surface area contributed by atoms with Crippen molar-refractivity contribution in [3.8, 4) is 0 Å². The molecule has 104 valence electrons. The lowest BCUT2D eigenvalue weighted by molar-refractivity contribution is -0.121. The molecule has 0 aromatic heterocycles. The zero-order valence-corrected chi connectivity index (χ0v) is 11.8. The number of benzene rings is 1. The number of anilines is 1. The summed E-state index contributed by atoms with van der Waals surface area (Å²) in [6.07, 6.45) is 0. The van der Waals surface area contributed by atoms with Gasteiger partial charge < -0.3 is 16.0 Å². The molecule has 19 heavy (non-hydrogen) atoms. The second kappa shape index (κ2) is 6.33. The van der Waals surface area contributed by atoms with Crippen molar-refractivity contribution in [3.05, 3.63) is 29.8 Å². The summed E-state index contributed by atoms with van der Waals surface area (Å²) in [5, 5.41) is 8.47. The van der Waals surface area contributed by atoms with Crippen LogP contribution in [-0.4, -0.2) is 30.9 Å². The maximum absolute atomic E-state index is 12.0. The van der Waals surface area contributed by atoms with Crippen LogP contribution in [0.5, 0.6) is 0 Å². The summed E-state index contributed by atoms with van der Waals surface area (Å²) >= 11 is 0. The molecule has 0 heterocycles. The van der Waals surface area contributed by atoms with E-state index in [2.05, 4.69) is 16.0 Å². The second-order valence-corrected chi connectivity index (χ2v) is 4.77. The van der Waals surface area contributed by atoms with E-state index >= 15 is 0 Å². The van der Waals surface area contributed by atoms with Crippen LogP contribution in [0.1, 0.15) is 31.1 Å². The molecule has 1 aromatic carbocycles. The first-order chi connectivity index (χ1) is 8.90. The lowest BCUT2D eigenvalue weighted by atomic mass is 10.0. The number of carbonyl (C=O) groups excluding carboxylic acids is 2. The molecule has 0 saturated heterocycles. The molecular formula is C14H21N3O2. The standard InChI is InChI=1S/C14H21N3O2/c1-5-16-14(2,3)13(19)17-11-8-6-10(7-9-11)12(18)15-4/h6-9,16H,5H2,1-4H3,(H,15,18)(H,17,19). The van der Waals surface area contributed by atoms with Gasteiger partial charge in [-0.25, -0.2) is 0 Å². The third kappa shape index (κ3) is 4.06. The smallest absolute Gasteiger partial charge is 0.251 e. The molecule has 5 nitrogen and oxygen atoms in total. The van der Waals surface area contributed by atoms with Gasteiger partial charge in [-0.3, -0.25) is 9.59 Å². The zero-order chi connectivity index (χ0) is 14.5. The van der Waals surface area contributed by atoms with Gasteiger partial charge in [-0.2, -0.15) is 0 Å². The first-order valence-electron chi connectivity index (χ1n) is 6.29. The predicted molar refractivity (Wildman–Crippen MR) is 76.2 cm³/mol. The molecule has 0 saturated carbocycles. The van der Waals surface area contributed by atoms with Gasteiger partial charge in [0.15, 0.2) is 0 Å². The minimum Gasteiger partial charge on any atom is -0.355 e. The Balaban J connectivity index is 2.73. The molecule has 0 aliphatic carbocycles. The van der Waals surface area contributed by atoms with Crippen molar-refractivity contribution in [1.29, 1.82) is 0 Å². The highest BCUT2D eigenvalue weighted by atomic mass is 16.2. The van der Waals surface area contributed by atoms with Gasteiger partial charge in [-0.15, -0.1) is 0 Å². The van der Waals surface area contributed by atoms with E-state index in [9.17, 15) is 9.59 Å². The summed E-state index contributed by atoms with van der Waals surface area (Å²) in [6.45, 7) is 6.32. The lowest BCUT2D eigenvalue weighted by Crippen LogP contribution is -2.49. The maximum atomic E-state index is 12.0. The molecule has 0 bridgehead atoms. The fraction of sp³-hybridized carbons (Fsp3) is 0.429. The van der Waals surface area contributed by atoms with E-state index in [1.54, 1.807) is 31.3 Å². The van der Waals surface area contributed by atoms with Crippen molar-refractivity contribution in [2.75, 3.05) is 18.9 Å². The van der Waals surface area contributed by atoms with Crippen LogP contribution in [0.15, 0.2) is 24.3 Å². The van der Waals surface area contributed by atoms with Crippen LogP contribution in [-0.2, 0) is 4.79 Å². The van der Waals surface area contributed by atoms with Crippen molar-refractivity contribution >= 4 is 17.5 Å². The molecule has 0 fully saturated rings. The quantitative estimate of drug-likeness (QED) is 0.751. The number of rotatable bonds is 5. The molecule has 0 spiro atoms. The summed E-state index contributed by atoms with van der Waals surface area (Å²) in [5.41, 5.74) is 0.601. The van der Waals surface area contributed by atoms with Crippen LogP contribution in [0, 0.1) is 0 Å². The van der Waals surface area contributed by atoms with Gasteiger partial charge in [0, 0.05) is 18.3 Å². The van der Waals surface area contributed by atoms with E-state index in [-0.39, 0.29) is 11.8 Å². The highest BCUT2D eigenvalue weighted by Crippen LogP contribution is 2.12. The molecular weight excluding hydrogens is 242 g/mol. The summed E-state index contributed by atoms with van der Waals surface area (Å²) in [5.74, 6) is -0.257. The van der Waals surface area contributed by atoms with Gasteiger partial charge in [0.05, 0.1) is 5.54 Å². The largest absolute Gasteiger partial charge is 0.355 e. The number of hydrogen-bond donors (Lipinski definition) is 3. The Bertz CT molecular complexity index is 452. The Morgan fingerprint density at radius 2 is 1.74 bits per heavy atom. The summed E-state index contributed by atoms with van der Waals surface area (Å²) in [7, 11) is 1.58.